The van der Waals surface area contributed by atoms with Gasteiger partial charge in [-0.3, -0.25) is 0 Å². The van der Waals surface area contributed by atoms with Crippen LogP contribution >= 0.6 is 0 Å². The highest BCUT2D eigenvalue weighted by molar-refractivity contribution is 5.98. The highest BCUT2D eigenvalue weighted by Gasteiger charge is 2.20. The van der Waals surface area contributed by atoms with Gasteiger partial charge in [-0.2, -0.15) is 0 Å². The van der Waals surface area contributed by atoms with Gasteiger partial charge in [-0.1, -0.05) is 37.4 Å². The fourth-order valence-corrected chi connectivity index (χ4v) is 2.85. The van der Waals surface area contributed by atoms with Gasteiger partial charge in [0.2, 0.25) is 0 Å². The zero-order valence-corrected chi connectivity index (χ0v) is 21.0. The molecule has 0 fully saturated rings. The second kappa shape index (κ2) is 14.1. The Morgan fingerprint density at radius 1 is 0.784 bits per heavy atom. The van der Waals surface area contributed by atoms with E-state index in [0.29, 0.717) is 10.8 Å². The summed E-state index contributed by atoms with van der Waals surface area (Å²) in [5, 5.41) is 5.91. The summed E-state index contributed by atoms with van der Waals surface area (Å²) in [6.07, 6.45) is -1.58. The van der Waals surface area contributed by atoms with Crippen LogP contribution in [-0.2, 0) is 19.1 Å². The van der Waals surface area contributed by atoms with Gasteiger partial charge in [-0.05, 0) is 20.8 Å². The third-order valence-corrected chi connectivity index (χ3v) is 4.53. The minimum atomic E-state index is -0.798. The van der Waals surface area contributed by atoms with Crippen molar-refractivity contribution < 1.29 is 42.9 Å². The van der Waals surface area contributed by atoms with Crippen molar-refractivity contribution in [1.82, 2.24) is 10.6 Å². The molecule has 2 N–H and O–H groups in total. The Morgan fingerprint density at radius 3 is 1.81 bits per heavy atom. The van der Waals surface area contributed by atoms with Crippen molar-refractivity contribution in [3.63, 3.8) is 0 Å². The molecule has 0 aliphatic carbocycles. The minimum absolute atomic E-state index is 0.0167. The van der Waals surface area contributed by atoms with Gasteiger partial charge in [0.05, 0.1) is 19.7 Å². The third kappa shape index (κ3) is 8.88. The first kappa shape index (κ1) is 28.7. The van der Waals surface area contributed by atoms with Gasteiger partial charge in [0.1, 0.15) is 19.0 Å². The van der Waals surface area contributed by atoms with Crippen molar-refractivity contribution in [3.8, 4) is 17.2 Å². The number of benzene rings is 2. The van der Waals surface area contributed by atoms with Crippen LogP contribution in [0.5, 0.6) is 17.2 Å². The number of hydrogen-bond acceptors (Lipinski definition) is 9. The van der Waals surface area contributed by atoms with E-state index in [9.17, 15) is 19.2 Å². The molecule has 198 valence electrons. The lowest BCUT2D eigenvalue weighted by Gasteiger charge is -2.17. The van der Waals surface area contributed by atoms with E-state index in [0.717, 1.165) is 0 Å². The molecule has 11 nitrogen and oxygen atoms in total. The van der Waals surface area contributed by atoms with Crippen LogP contribution < -0.4 is 24.8 Å². The molecule has 0 saturated carbocycles. The van der Waals surface area contributed by atoms with Crippen LogP contribution in [0.1, 0.15) is 20.8 Å². The molecule has 0 heterocycles. The van der Waals surface area contributed by atoms with Gasteiger partial charge >= 0.3 is 24.1 Å². The second-order valence-electron chi connectivity index (χ2n) is 7.65. The number of hydrogen-bond donors (Lipinski definition) is 2. The number of fused-ring (bicyclic) bond motifs is 1. The predicted molar refractivity (Wildman–Crippen MR) is 135 cm³/mol. The monoisotopic (exact) mass is 514 g/mol. The zero-order chi connectivity index (χ0) is 27.4. The second-order valence-corrected chi connectivity index (χ2v) is 7.65. The molecule has 0 aromatic heterocycles. The molecule has 0 saturated heterocycles. The lowest BCUT2D eigenvalue weighted by molar-refractivity contribution is -0.139. The number of ether oxygens (including phenoxy) is 5. The minimum Gasteiger partial charge on any atom is -0.490 e. The summed E-state index contributed by atoms with van der Waals surface area (Å²) in [5.41, 5.74) is 0.498. The summed E-state index contributed by atoms with van der Waals surface area (Å²) in [7, 11) is 0. The van der Waals surface area contributed by atoms with Gasteiger partial charge in [-0.25, -0.2) is 19.2 Å². The summed E-state index contributed by atoms with van der Waals surface area (Å²) in [6, 6.07) is 8.24. The molecule has 0 aliphatic heterocycles. The molecule has 11 heteroatoms. The normalized spacial score (nSPS) is 10.1. The number of esters is 2. The molecule has 0 spiro atoms. The van der Waals surface area contributed by atoms with Crippen LogP contribution in [0.3, 0.4) is 0 Å². The van der Waals surface area contributed by atoms with Gasteiger partial charge in [0.25, 0.3) is 0 Å². The van der Waals surface area contributed by atoms with E-state index in [1.54, 1.807) is 31.2 Å². The molecule has 0 radical (unpaired) electrons. The van der Waals surface area contributed by atoms with E-state index in [1.807, 2.05) is 0 Å². The molecule has 0 aliphatic rings. The maximum atomic E-state index is 12.4. The standard InChI is InChI=1S/C26H30N2O9/c1-6-33-21-15-20(36-25(31)27-11-13-34-23(29)16(2)3)18-9-7-8-10-19(18)22(21)37-26(32)28-12-14-35-24(30)17(4)5/h7-10,15H,2,4,6,11-14H2,1,3,5H3,(H,27,31)(H,28,32). The Kier molecular flexibility index (Phi) is 11.0. The van der Waals surface area contributed by atoms with Gasteiger partial charge < -0.3 is 34.3 Å². The number of nitrogens with one attached hydrogen (secondary N) is 2. The first-order valence-electron chi connectivity index (χ1n) is 11.4. The van der Waals surface area contributed by atoms with Crippen molar-refractivity contribution in [3.05, 3.63) is 54.6 Å². The maximum Gasteiger partial charge on any atom is 0.412 e. The summed E-state index contributed by atoms with van der Waals surface area (Å²) in [6.45, 7) is 11.9. The molecule has 0 atom stereocenters. The lowest BCUT2D eigenvalue weighted by Crippen LogP contribution is -2.31. The van der Waals surface area contributed by atoms with Crippen molar-refractivity contribution in [1.29, 1.82) is 0 Å². The van der Waals surface area contributed by atoms with Crippen LogP contribution in [-0.4, -0.2) is 57.0 Å². The molecule has 2 rings (SSSR count). The highest BCUT2D eigenvalue weighted by atomic mass is 16.6. The summed E-state index contributed by atoms with van der Waals surface area (Å²) in [4.78, 5) is 47.6. The molecular weight excluding hydrogens is 484 g/mol. The SMILES string of the molecule is C=C(C)C(=O)OCCNC(=O)Oc1cc(OCC)c(OC(=O)NCCOC(=O)C(=C)C)c2ccccc12. The fraction of sp³-hybridized carbons (Fsp3) is 0.308. The van der Waals surface area contributed by atoms with E-state index in [1.165, 1.54) is 19.9 Å². The highest BCUT2D eigenvalue weighted by Crippen LogP contribution is 2.41. The smallest absolute Gasteiger partial charge is 0.412 e. The number of carbonyl (C=O) groups excluding carboxylic acids is 4. The predicted octanol–water partition coefficient (Wildman–Crippen LogP) is 3.65. The third-order valence-electron chi connectivity index (χ3n) is 4.53. The molecule has 0 bridgehead atoms. The number of rotatable bonds is 12. The average molecular weight is 515 g/mol. The molecule has 2 aromatic carbocycles. The Hall–Kier alpha value is -4.54. The van der Waals surface area contributed by atoms with Crippen LogP contribution in [0, 0.1) is 0 Å². The van der Waals surface area contributed by atoms with Crippen LogP contribution in [0.15, 0.2) is 54.6 Å². The quantitative estimate of drug-likeness (QED) is 0.247. The molecular formula is C26H30N2O9. The summed E-state index contributed by atoms with van der Waals surface area (Å²) >= 11 is 0. The van der Waals surface area contributed by atoms with Gasteiger partial charge in [0.15, 0.2) is 11.5 Å². The average Bonchev–Trinajstić information content (AvgIpc) is 2.86. The Morgan fingerprint density at radius 2 is 1.30 bits per heavy atom. The van der Waals surface area contributed by atoms with Crippen LogP contribution in [0.2, 0.25) is 0 Å². The van der Waals surface area contributed by atoms with E-state index in [-0.39, 0.29) is 61.3 Å². The Bertz CT molecular complexity index is 1190. The Balaban J connectivity index is 2.12. The molecule has 0 unspecified atom stereocenters. The van der Waals surface area contributed by atoms with E-state index in [2.05, 4.69) is 23.8 Å². The van der Waals surface area contributed by atoms with Gasteiger partial charge in [-0.15, -0.1) is 0 Å². The topological polar surface area (TPSA) is 138 Å². The van der Waals surface area contributed by atoms with E-state index in [4.69, 9.17) is 23.7 Å². The van der Waals surface area contributed by atoms with Crippen LogP contribution in [0.4, 0.5) is 9.59 Å². The maximum absolute atomic E-state index is 12.4. The van der Waals surface area contributed by atoms with Crippen molar-refractivity contribution in [2.45, 2.75) is 20.8 Å². The fourth-order valence-electron chi connectivity index (χ4n) is 2.85. The largest absolute Gasteiger partial charge is 0.490 e. The van der Waals surface area contributed by atoms with Crippen molar-refractivity contribution >= 4 is 34.9 Å². The Labute approximate surface area is 214 Å². The summed E-state index contributed by atoms with van der Waals surface area (Å²) < 4.78 is 26.4. The van der Waals surface area contributed by atoms with Crippen LogP contribution in [0.25, 0.3) is 10.8 Å². The lowest BCUT2D eigenvalue weighted by atomic mass is 10.1. The van der Waals surface area contributed by atoms with E-state index >= 15 is 0 Å². The van der Waals surface area contributed by atoms with E-state index < -0.39 is 24.1 Å². The summed E-state index contributed by atoms with van der Waals surface area (Å²) in [5.74, 6) is -0.672. The number of carbonyl (C=O) groups is 4. The molecule has 2 amide bonds. The first-order chi connectivity index (χ1) is 17.6. The van der Waals surface area contributed by atoms with Crippen molar-refractivity contribution in [2.75, 3.05) is 32.9 Å². The molecule has 2 aromatic rings. The van der Waals surface area contributed by atoms with Gasteiger partial charge in [0, 0.05) is 28.0 Å². The zero-order valence-electron chi connectivity index (χ0n) is 21.0. The first-order valence-corrected chi connectivity index (χ1v) is 11.4. The number of amides is 2. The van der Waals surface area contributed by atoms with Crippen molar-refractivity contribution in [2.24, 2.45) is 0 Å². The molecule has 37 heavy (non-hydrogen) atoms.